The van der Waals surface area contributed by atoms with Gasteiger partial charge >= 0.3 is 0 Å². The van der Waals surface area contributed by atoms with E-state index in [-0.39, 0.29) is 5.91 Å². The quantitative estimate of drug-likeness (QED) is 0.605. The Labute approximate surface area is 176 Å². The van der Waals surface area contributed by atoms with Crippen molar-refractivity contribution < 1.29 is 28.3 Å². The fraction of sp³-hybridized carbons (Fsp3) is 0.304. The maximum Gasteiger partial charge on any atom is 0.221 e. The number of pyridine rings is 1. The summed E-state index contributed by atoms with van der Waals surface area (Å²) in [7, 11) is 8.39. The second-order valence-corrected chi connectivity index (χ2v) is 6.89. The molecule has 1 aromatic heterocycles. The molecule has 0 radical (unpaired) electrons. The van der Waals surface area contributed by atoms with Gasteiger partial charge in [0.15, 0.2) is 34.9 Å². The van der Waals surface area contributed by atoms with Crippen LogP contribution in [0.3, 0.4) is 0 Å². The van der Waals surface area contributed by atoms with Crippen molar-refractivity contribution in [1.82, 2.24) is 0 Å². The van der Waals surface area contributed by atoms with Gasteiger partial charge in [0.05, 0.1) is 40.2 Å². The zero-order valence-corrected chi connectivity index (χ0v) is 18.2. The number of benzene rings is 2. The lowest BCUT2D eigenvalue weighted by atomic mass is 10.0. The Morgan fingerprint density at radius 2 is 1.47 bits per heavy atom. The summed E-state index contributed by atoms with van der Waals surface area (Å²) in [4.78, 5) is 11.8. The number of rotatable bonds is 7. The number of ether oxygens (including phenoxy) is 4. The number of carbonyl (C=O) groups excluding carboxylic acids is 1. The van der Waals surface area contributed by atoms with Gasteiger partial charge in [-0.1, -0.05) is 0 Å². The molecule has 30 heavy (non-hydrogen) atoms. The van der Waals surface area contributed by atoms with Crippen LogP contribution in [-0.2, 0) is 18.3 Å². The van der Waals surface area contributed by atoms with Crippen LogP contribution in [0.2, 0.25) is 0 Å². The van der Waals surface area contributed by atoms with E-state index in [0.29, 0.717) is 35.1 Å². The standard InChI is InChI=1S/C23H26N2O5/c1-14(26)24-18-13-23(30-6)21(28-4)11-16(18)9-19-17-12-22(29-5)20(27-3)10-15(17)7-8-25(19)2/h7-8,10-13H,9H2,1-6H3/p+1. The van der Waals surface area contributed by atoms with E-state index >= 15 is 0 Å². The lowest BCUT2D eigenvalue weighted by Crippen LogP contribution is -2.33. The number of hydrogen-bond acceptors (Lipinski definition) is 5. The van der Waals surface area contributed by atoms with Gasteiger partial charge in [0.25, 0.3) is 0 Å². The van der Waals surface area contributed by atoms with E-state index in [1.807, 2.05) is 37.5 Å². The van der Waals surface area contributed by atoms with Gasteiger partial charge in [-0.05, 0) is 29.1 Å². The van der Waals surface area contributed by atoms with E-state index in [1.54, 1.807) is 34.5 Å². The molecule has 1 amide bonds. The molecule has 0 saturated heterocycles. The number of carbonyl (C=O) groups is 1. The molecule has 1 heterocycles. The molecular weight excluding hydrogens is 384 g/mol. The summed E-state index contributed by atoms with van der Waals surface area (Å²) in [5.41, 5.74) is 2.63. The molecule has 3 aromatic rings. The molecule has 7 nitrogen and oxygen atoms in total. The van der Waals surface area contributed by atoms with Crippen molar-refractivity contribution in [3.05, 3.63) is 47.8 Å². The SMILES string of the molecule is COc1cc(Cc2c3cc(OC)c(OC)cc3cc[n+]2C)c(NC(C)=O)cc1OC. The largest absolute Gasteiger partial charge is 0.493 e. The average molecular weight is 411 g/mol. The van der Waals surface area contributed by atoms with Crippen LogP contribution in [0.4, 0.5) is 5.69 Å². The van der Waals surface area contributed by atoms with Crippen molar-refractivity contribution in [2.45, 2.75) is 13.3 Å². The first-order valence-corrected chi connectivity index (χ1v) is 9.47. The monoisotopic (exact) mass is 411 g/mol. The van der Waals surface area contributed by atoms with Gasteiger partial charge in [0, 0.05) is 24.7 Å². The first kappa shape index (κ1) is 21.2. The van der Waals surface area contributed by atoms with Crippen LogP contribution in [0, 0.1) is 0 Å². The number of fused-ring (bicyclic) bond motifs is 1. The highest BCUT2D eigenvalue weighted by atomic mass is 16.5. The van der Waals surface area contributed by atoms with Crippen molar-refractivity contribution in [1.29, 1.82) is 0 Å². The molecule has 0 aliphatic heterocycles. The normalized spacial score (nSPS) is 10.6. The third kappa shape index (κ3) is 4.10. The maximum atomic E-state index is 11.8. The van der Waals surface area contributed by atoms with Crippen molar-refractivity contribution in [3.63, 3.8) is 0 Å². The van der Waals surface area contributed by atoms with E-state index in [0.717, 1.165) is 22.0 Å². The van der Waals surface area contributed by atoms with Crippen LogP contribution < -0.4 is 28.8 Å². The molecule has 0 saturated carbocycles. The Bertz CT molecular complexity index is 1090. The van der Waals surface area contributed by atoms with E-state index < -0.39 is 0 Å². The molecule has 3 rings (SSSR count). The summed E-state index contributed by atoms with van der Waals surface area (Å²) >= 11 is 0. The van der Waals surface area contributed by atoms with Gasteiger partial charge in [0.2, 0.25) is 5.91 Å². The van der Waals surface area contributed by atoms with Crippen molar-refractivity contribution in [3.8, 4) is 23.0 Å². The number of methoxy groups -OCH3 is 4. The Morgan fingerprint density at radius 3 is 2.07 bits per heavy atom. The van der Waals surface area contributed by atoms with Gasteiger partial charge in [-0.15, -0.1) is 0 Å². The molecule has 0 spiro atoms. The predicted molar refractivity (Wildman–Crippen MR) is 115 cm³/mol. The van der Waals surface area contributed by atoms with Crippen LogP contribution in [0.25, 0.3) is 10.8 Å². The fourth-order valence-electron chi connectivity index (χ4n) is 3.53. The highest BCUT2D eigenvalue weighted by molar-refractivity contribution is 5.91. The van der Waals surface area contributed by atoms with Gasteiger partial charge in [-0.25, -0.2) is 4.57 Å². The van der Waals surface area contributed by atoms with Crippen molar-refractivity contribution in [2.24, 2.45) is 7.05 Å². The van der Waals surface area contributed by atoms with Gasteiger partial charge in [-0.3, -0.25) is 4.79 Å². The van der Waals surface area contributed by atoms with E-state index in [9.17, 15) is 4.79 Å². The Balaban J connectivity index is 2.19. The zero-order chi connectivity index (χ0) is 21.8. The minimum atomic E-state index is -0.155. The summed E-state index contributed by atoms with van der Waals surface area (Å²) in [5.74, 6) is 2.33. The molecular formula is C23H27N2O5+. The van der Waals surface area contributed by atoms with E-state index in [1.165, 1.54) is 6.92 Å². The molecule has 0 aliphatic carbocycles. The Kier molecular flexibility index (Phi) is 6.30. The molecule has 0 aliphatic rings. The second kappa shape index (κ2) is 8.90. The third-order valence-corrected chi connectivity index (χ3v) is 5.05. The number of nitrogens with one attached hydrogen (secondary N) is 1. The number of nitrogens with zero attached hydrogens (tertiary/aromatic N) is 1. The predicted octanol–water partition coefficient (Wildman–Crippen LogP) is 3.25. The Hall–Kier alpha value is -3.48. The summed E-state index contributed by atoms with van der Waals surface area (Å²) < 4.78 is 23.9. The first-order valence-electron chi connectivity index (χ1n) is 9.47. The average Bonchev–Trinajstić information content (AvgIpc) is 2.74. The molecule has 0 atom stereocenters. The minimum Gasteiger partial charge on any atom is -0.493 e. The van der Waals surface area contributed by atoms with Gasteiger partial charge in [-0.2, -0.15) is 0 Å². The number of aryl methyl sites for hydroxylation is 1. The summed E-state index contributed by atoms with van der Waals surface area (Å²) in [6, 6.07) is 9.64. The van der Waals surface area contributed by atoms with E-state index in [4.69, 9.17) is 18.9 Å². The third-order valence-electron chi connectivity index (χ3n) is 5.05. The van der Waals surface area contributed by atoms with Crippen LogP contribution in [0.15, 0.2) is 36.5 Å². The number of aromatic nitrogens is 1. The first-order chi connectivity index (χ1) is 14.4. The van der Waals surface area contributed by atoms with Crippen molar-refractivity contribution in [2.75, 3.05) is 33.8 Å². The number of hydrogen-bond donors (Lipinski definition) is 1. The van der Waals surface area contributed by atoms with Crippen molar-refractivity contribution >= 4 is 22.4 Å². The molecule has 0 fully saturated rings. The van der Waals surface area contributed by atoms with Crippen LogP contribution in [0.5, 0.6) is 23.0 Å². The van der Waals surface area contributed by atoms with E-state index in [2.05, 4.69) is 9.88 Å². The summed E-state index contributed by atoms with van der Waals surface area (Å²) in [5, 5.41) is 4.96. The van der Waals surface area contributed by atoms with Gasteiger partial charge < -0.3 is 24.3 Å². The molecule has 0 unspecified atom stereocenters. The fourth-order valence-corrected chi connectivity index (χ4v) is 3.53. The molecule has 0 bridgehead atoms. The molecule has 7 heteroatoms. The highest BCUT2D eigenvalue weighted by Crippen LogP contribution is 2.36. The molecule has 158 valence electrons. The number of anilines is 1. The smallest absolute Gasteiger partial charge is 0.221 e. The lowest BCUT2D eigenvalue weighted by Gasteiger charge is -2.16. The summed E-state index contributed by atoms with van der Waals surface area (Å²) in [6.07, 6.45) is 2.56. The van der Waals surface area contributed by atoms with Crippen LogP contribution in [0.1, 0.15) is 18.2 Å². The van der Waals surface area contributed by atoms with Gasteiger partial charge in [0.1, 0.15) is 7.05 Å². The Morgan fingerprint density at radius 1 is 0.900 bits per heavy atom. The summed E-state index contributed by atoms with van der Waals surface area (Å²) in [6.45, 7) is 1.48. The van der Waals surface area contributed by atoms with Crippen LogP contribution >= 0.6 is 0 Å². The highest BCUT2D eigenvalue weighted by Gasteiger charge is 2.20. The number of amides is 1. The molecule has 2 aromatic carbocycles. The maximum absolute atomic E-state index is 11.8. The molecule has 1 N–H and O–H groups in total. The van der Waals surface area contributed by atoms with Crippen LogP contribution in [-0.4, -0.2) is 34.3 Å². The lowest BCUT2D eigenvalue weighted by molar-refractivity contribution is -0.677. The minimum absolute atomic E-state index is 0.155. The topological polar surface area (TPSA) is 69.9 Å². The second-order valence-electron chi connectivity index (χ2n) is 6.89. The zero-order valence-electron chi connectivity index (χ0n) is 18.2.